The molecule has 0 saturated carbocycles. The molecule has 1 N–H and O–H groups in total. The molecule has 152 valence electrons. The fourth-order valence-corrected chi connectivity index (χ4v) is 2.80. The van der Waals surface area contributed by atoms with Crippen molar-refractivity contribution in [2.45, 2.75) is 13.0 Å². The monoisotopic (exact) mass is 408 g/mol. The zero-order valence-electron chi connectivity index (χ0n) is 15.9. The van der Waals surface area contributed by atoms with Crippen molar-refractivity contribution in [3.63, 3.8) is 0 Å². The van der Waals surface area contributed by atoms with E-state index < -0.39 is 28.7 Å². The van der Waals surface area contributed by atoms with E-state index in [9.17, 15) is 24.1 Å². The maximum absolute atomic E-state index is 13.1. The van der Waals surface area contributed by atoms with Crippen LogP contribution < -0.4 is 5.32 Å². The Morgan fingerprint density at radius 1 is 1.03 bits per heavy atom. The lowest BCUT2D eigenvalue weighted by molar-refractivity contribution is -0.385. The smallest absolute Gasteiger partial charge is 0.339 e. The number of benzene rings is 3. The lowest BCUT2D eigenvalue weighted by atomic mass is 10.1. The van der Waals surface area contributed by atoms with Crippen molar-refractivity contribution in [1.82, 2.24) is 0 Å². The zero-order valence-corrected chi connectivity index (χ0v) is 15.9. The second-order valence-electron chi connectivity index (χ2n) is 6.45. The summed E-state index contributed by atoms with van der Waals surface area (Å²) in [6, 6.07) is 17.4. The molecule has 3 rings (SSSR count). The first-order valence-electron chi connectivity index (χ1n) is 8.92. The number of esters is 1. The normalized spacial score (nSPS) is 11.4. The van der Waals surface area contributed by atoms with Crippen molar-refractivity contribution in [2.75, 3.05) is 5.32 Å². The number of nitrogens with zero attached hydrogens (tertiary/aromatic N) is 1. The third kappa shape index (κ3) is 4.85. The van der Waals surface area contributed by atoms with Crippen molar-refractivity contribution in [2.24, 2.45) is 0 Å². The number of carbonyl (C=O) groups excluding carboxylic acids is 2. The van der Waals surface area contributed by atoms with Gasteiger partial charge in [0.25, 0.3) is 11.6 Å². The van der Waals surface area contributed by atoms with Gasteiger partial charge in [0, 0.05) is 22.9 Å². The summed E-state index contributed by atoms with van der Waals surface area (Å²) in [5.74, 6) is -1.89. The number of anilines is 1. The Morgan fingerprint density at radius 2 is 1.70 bits per heavy atom. The van der Waals surface area contributed by atoms with Crippen LogP contribution in [-0.4, -0.2) is 16.8 Å². The van der Waals surface area contributed by atoms with E-state index in [0.29, 0.717) is 16.8 Å². The topological polar surface area (TPSA) is 98.5 Å². The van der Waals surface area contributed by atoms with Crippen molar-refractivity contribution < 1.29 is 23.6 Å². The van der Waals surface area contributed by atoms with Crippen molar-refractivity contribution in [3.8, 4) is 0 Å². The van der Waals surface area contributed by atoms with Gasteiger partial charge in [0.1, 0.15) is 5.82 Å². The van der Waals surface area contributed by atoms with Crippen LogP contribution in [0.4, 0.5) is 15.8 Å². The Balaban J connectivity index is 1.85. The van der Waals surface area contributed by atoms with Crippen molar-refractivity contribution >= 4 is 23.3 Å². The number of nitrogens with one attached hydrogen (secondary N) is 1. The Labute approximate surface area is 171 Å². The molecule has 7 nitrogen and oxygen atoms in total. The molecule has 8 heteroatoms. The van der Waals surface area contributed by atoms with E-state index in [4.69, 9.17) is 4.74 Å². The van der Waals surface area contributed by atoms with E-state index in [2.05, 4.69) is 5.32 Å². The summed E-state index contributed by atoms with van der Waals surface area (Å²) in [5, 5.41) is 13.6. The van der Waals surface area contributed by atoms with Gasteiger partial charge in [0.05, 0.1) is 10.5 Å². The molecule has 0 aliphatic carbocycles. The minimum atomic E-state index is -1.28. The second kappa shape index (κ2) is 8.95. The number of ether oxygens (including phenoxy) is 1. The van der Waals surface area contributed by atoms with Crippen LogP contribution >= 0.6 is 0 Å². The molecule has 1 amide bonds. The highest BCUT2D eigenvalue weighted by molar-refractivity contribution is 5.98. The average molecular weight is 408 g/mol. The molecule has 30 heavy (non-hydrogen) atoms. The van der Waals surface area contributed by atoms with Gasteiger partial charge in [-0.25, -0.2) is 9.18 Å². The van der Waals surface area contributed by atoms with Gasteiger partial charge in [-0.05, 0) is 43.3 Å². The molecule has 0 spiro atoms. The SMILES string of the molecule is Cc1cc(C(=O)OC(C(=O)Nc2ccc(F)cc2)c2ccccc2)ccc1[N+](=O)[O-]. The fourth-order valence-electron chi connectivity index (χ4n) is 2.80. The number of hydrogen-bond donors (Lipinski definition) is 1. The maximum atomic E-state index is 13.1. The molecule has 0 aliphatic heterocycles. The minimum absolute atomic E-state index is 0.0774. The minimum Gasteiger partial charge on any atom is -0.444 e. The first-order chi connectivity index (χ1) is 14.3. The average Bonchev–Trinajstić information content (AvgIpc) is 2.73. The number of aryl methyl sites for hydroxylation is 1. The molecule has 0 fully saturated rings. The highest BCUT2D eigenvalue weighted by Crippen LogP contribution is 2.24. The number of amides is 1. The van der Waals surface area contributed by atoms with E-state index in [1.165, 1.54) is 49.4 Å². The molecule has 0 radical (unpaired) electrons. The van der Waals surface area contributed by atoms with Gasteiger partial charge >= 0.3 is 5.97 Å². The van der Waals surface area contributed by atoms with E-state index in [-0.39, 0.29) is 11.3 Å². The molecule has 0 bridgehead atoms. The lowest BCUT2D eigenvalue weighted by Crippen LogP contribution is -2.26. The van der Waals surface area contributed by atoms with Crippen LogP contribution in [-0.2, 0) is 9.53 Å². The predicted octanol–water partition coefficient (Wildman–Crippen LogP) is 4.58. The maximum Gasteiger partial charge on any atom is 0.339 e. The number of rotatable bonds is 6. The highest BCUT2D eigenvalue weighted by atomic mass is 19.1. The van der Waals surface area contributed by atoms with Crippen LogP contribution in [0.5, 0.6) is 0 Å². The van der Waals surface area contributed by atoms with E-state index in [1.807, 2.05) is 0 Å². The van der Waals surface area contributed by atoms with E-state index in [0.717, 1.165) is 0 Å². The Hall–Kier alpha value is -4.07. The third-order valence-corrected chi connectivity index (χ3v) is 4.31. The van der Waals surface area contributed by atoms with Gasteiger partial charge in [-0.1, -0.05) is 30.3 Å². The molecule has 1 atom stereocenters. The van der Waals surface area contributed by atoms with Crippen LogP contribution in [0.1, 0.15) is 27.6 Å². The Morgan fingerprint density at radius 3 is 2.30 bits per heavy atom. The zero-order chi connectivity index (χ0) is 21.7. The van der Waals surface area contributed by atoms with Crippen molar-refractivity contribution in [1.29, 1.82) is 0 Å². The quantitative estimate of drug-likeness (QED) is 0.366. The summed E-state index contributed by atoms with van der Waals surface area (Å²) in [4.78, 5) is 35.9. The number of nitro benzene ring substituents is 1. The molecule has 3 aromatic rings. The van der Waals surface area contributed by atoms with E-state index in [1.54, 1.807) is 30.3 Å². The van der Waals surface area contributed by atoms with Gasteiger partial charge in [-0.3, -0.25) is 14.9 Å². The molecular weight excluding hydrogens is 391 g/mol. The predicted molar refractivity (Wildman–Crippen MR) is 107 cm³/mol. The van der Waals surface area contributed by atoms with Gasteiger partial charge in [-0.15, -0.1) is 0 Å². The highest BCUT2D eigenvalue weighted by Gasteiger charge is 2.26. The number of carbonyl (C=O) groups is 2. The van der Waals surface area contributed by atoms with Crippen molar-refractivity contribution in [3.05, 3.63) is 105 Å². The molecule has 0 saturated heterocycles. The summed E-state index contributed by atoms with van der Waals surface area (Å²) in [6.07, 6.45) is -1.28. The van der Waals surface area contributed by atoms with Crippen LogP contribution in [0.25, 0.3) is 0 Å². The van der Waals surface area contributed by atoms with Gasteiger partial charge in [0.2, 0.25) is 6.10 Å². The van der Waals surface area contributed by atoms with Crippen LogP contribution in [0.2, 0.25) is 0 Å². The van der Waals surface area contributed by atoms with Gasteiger partial charge in [0.15, 0.2) is 0 Å². The molecular formula is C22H17FN2O5. The second-order valence-corrected chi connectivity index (χ2v) is 6.45. The first kappa shape index (κ1) is 20.7. The summed E-state index contributed by atoms with van der Waals surface area (Å²) >= 11 is 0. The number of hydrogen-bond acceptors (Lipinski definition) is 5. The molecule has 0 aromatic heterocycles. The Bertz CT molecular complexity index is 1080. The number of halogens is 1. The standard InChI is InChI=1S/C22H17FN2O5/c1-14-13-16(7-12-19(14)25(28)29)22(27)30-20(15-5-3-2-4-6-15)21(26)24-18-10-8-17(23)9-11-18/h2-13,20H,1H3,(H,24,26). The lowest BCUT2D eigenvalue weighted by Gasteiger charge is -2.18. The summed E-state index contributed by atoms with van der Waals surface area (Å²) < 4.78 is 18.5. The molecule has 1 unspecified atom stereocenters. The van der Waals surface area contributed by atoms with E-state index >= 15 is 0 Å². The summed E-state index contributed by atoms with van der Waals surface area (Å²) in [6.45, 7) is 1.50. The largest absolute Gasteiger partial charge is 0.444 e. The Kier molecular flexibility index (Phi) is 6.17. The first-order valence-corrected chi connectivity index (χ1v) is 8.92. The molecule has 3 aromatic carbocycles. The van der Waals surface area contributed by atoms with Gasteiger partial charge < -0.3 is 10.1 Å². The third-order valence-electron chi connectivity index (χ3n) is 4.31. The summed E-state index contributed by atoms with van der Waals surface area (Å²) in [7, 11) is 0. The van der Waals surface area contributed by atoms with Gasteiger partial charge in [-0.2, -0.15) is 0 Å². The van der Waals surface area contributed by atoms with Crippen LogP contribution in [0.15, 0.2) is 72.8 Å². The van der Waals surface area contributed by atoms with Crippen LogP contribution in [0.3, 0.4) is 0 Å². The number of nitro groups is 1. The molecule has 0 aliphatic rings. The van der Waals surface area contributed by atoms with Crippen LogP contribution in [0, 0.1) is 22.9 Å². The summed E-state index contributed by atoms with van der Waals surface area (Å²) in [5.41, 5.74) is 1.02. The molecule has 0 heterocycles. The fraction of sp³-hybridized carbons (Fsp3) is 0.0909.